The Labute approximate surface area is 119 Å². The molecule has 1 aromatic heterocycles. The van der Waals surface area contributed by atoms with Crippen molar-refractivity contribution in [3.63, 3.8) is 0 Å². The average molecular weight is 303 g/mol. The summed E-state index contributed by atoms with van der Waals surface area (Å²) in [6.45, 7) is -0.128. The molecule has 0 unspecified atom stereocenters. The smallest absolute Gasteiger partial charge is 0.389 e. The lowest BCUT2D eigenvalue weighted by atomic mass is 10.1. The SMILES string of the molecule is N/C(=N/O)c1cc2c(nc1OCCCC(F)(F)F)CCC2. The van der Waals surface area contributed by atoms with Gasteiger partial charge in [-0.1, -0.05) is 5.16 Å². The van der Waals surface area contributed by atoms with Crippen molar-refractivity contribution in [2.45, 2.75) is 38.3 Å². The highest BCUT2D eigenvalue weighted by Gasteiger charge is 2.26. The van der Waals surface area contributed by atoms with Crippen LogP contribution in [0.1, 0.15) is 36.1 Å². The molecule has 0 aromatic carbocycles. The average Bonchev–Trinajstić information content (AvgIpc) is 2.87. The molecule has 8 heteroatoms. The maximum absolute atomic E-state index is 12.1. The van der Waals surface area contributed by atoms with Gasteiger partial charge in [0.05, 0.1) is 12.2 Å². The highest BCUT2D eigenvalue weighted by atomic mass is 19.4. The number of halogens is 3. The molecular weight excluding hydrogens is 287 g/mol. The Morgan fingerprint density at radius 1 is 1.43 bits per heavy atom. The number of aryl methyl sites for hydroxylation is 2. The number of amidine groups is 1. The topological polar surface area (TPSA) is 80.7 Å². The number of aromatic nitrogens is 1. The van der Waals surface area contributed by atoms with Crippen LogP contribution in [0.5, 0.6) is 5.88 Å². The van der Waals surface area contributed by atoms with Gasteiger partial charge in [-0.15, -0.1) is 0 Å². The largest absolute Gasteiger partial charge is 0.477 e. The van der Waals surface area contributed by atoms with Crippen LogP contribution in [0, 0.1) is 0 Å². The number of hydrogen-bond donors (Lipinski definition) is 2. The van der Waals surface area contributed by atoms with Gasteiger partial charge in [-0.2, -0.15) is 13.2 Å². The number of nitrogens with zero attached hydrogens (tertiary/aromatic N) is 2. The number of fused-ring (bicyclic) bond motifs is 1. The fraction of sp³-hybridized carbons (Fsp3) is 0.538. The summed E-state index contributed by atoms with van der Waals surface area (Å²) in [5, 5.41) is 11.7. The third-order valence-corrected chi connectivity index (χ3v) is 3.24. The number of pyridine rings is 1. The Kier molecular flexibility index (Phi) is 4.54. The molecule has 0 saturated heterocycles. The van der Waals surface area contributed by atoms with E-state index in [2.05, 4.69) is 10.1 Å². The third-order valence-electron chi connectivity index (χ3n) is 3.24. The van der Waals surface area contributed by atoms with Gasteiger partial charge in [0.1, 0.15) is 0 Å². The molecule has 3 N–H and O–H groups in total. The Balaban J connectivity index is 2.10. The second-order valence-electron chi connectivity index (χ2n) is 4.85. The van der Waals surface area contributed by atoms with Crippen molar-refractivity contribution in [2.24, 2.45) is 10.9 Å². The second-order valence-corrected chi connectivity index (χ2v) is 4.85. The van der Waals surface area contributed by atoms with Crippen LogP contribution in [0.4, 0.5) is 13.2 Å². The van der Waals surface area contributed by atoms with Crippen LogP contribution in [0.2, 0.25) is 0 Å². The van der Waals surface area contributed by atoms with E-state index in [0.29, 0.717) is 5.56 Å². The maximum atomic E-state index is 12.1. The zero-order valence-corrected chi connectivity index (χ0v) is 11.3. The molecule has 0 saturated carbocycles. The number of nitrogens with two attached hydrogens (primary N) is 1. The van der Waals surface area contributed by atoms with Gasteiger partial charge in [-0.25, -0.2) is 4.98 Å². The van der Waals surface area contributed by atoms with Crippen molar-refractivity contribution < 1.29 is 23.1 Å². The Morgan fingerprint density at radius 2 is 2.19 bits per heavy atom. The van der Waals surface area contributed by atoms with E-state index in [-0.39, 0.29) is 24.7 Å². The molecular formula is C13H16F3N3O2. The van der Waals surface area contributed by atoms with E-state index >= 15 is 0 Å². The van der Waals surface area contributed by atoms with E-state index in [4.69, 9.17) is 15.7 Å². The van der Waals surface area contributed by atoms with Crippen molar-refractivity contribution in [2.75, 3.05) is 6.61 Å². The number of oxime groups is 1. The number of ether oxygens (including phenoxy) is 1. The van der Waals surface area contributed by atoms with E-state index in [1.54, 1.807) is 6.07 Å². The van der Waals surface area contributed by atoms with Crippen LogP contribution < -0.4 is 10.5 Å². The van der Waals surface area contributed by atoms with E-state index in [1.807, 2.05) is 0 Å². The molecule has 1 aliphatic carbocycles. The first-order valence-electron chi connectivity index (χ1n) is 6.61. The zero-order valence-electron chi connectivity index (χ0n) is 11.3. The summed E-state index contributed by atoms with van der Waals surface area (Å²) in [4.78, 5) is 4.28. The molecule has 0 spiro atoms. The molecule has 0 amide bonds. The summed E-state index contributed by atoms with van der Waals surface area (Å²) in [7, 11) is 0. The minimum Gasteiger partial charge on any atom is -0.477 e. The quantitative estimate of drug-likeness (QED) is 0.288. The van der Waals surface area contributed by atoms with Crippen molar-refractivity contribution in [1.82, 2.24) is 4.98 Å². The summed E-state index contributed by atoms with van der Waals surface area (Å²) >= 11 is 0. The molecule has 0 aliphatic heterocycles. The van der Waals surface area contributed by atoms with Crippen molar-refractivity contribution in [3.05, 3.63) is 22.9 Å². The lowest BCUT2D eigenvalue weighted by Crippen LogP contribution is -2.17. The molecule has 21 heavy (non-hydrogen) atoms. The van der Waals surface area contributed by atoms with E-state index in [9.17, 15) is 13.2 Å². The first-order valence-corrected chi connectivity index (χ1v) is 6.61. The molecule has 2 rings (SSSR count). The first-order chi connectivity index (χ1) is 9.90. The number of rotatable bonds is 5. The van der Waals surface area contributed by atoms with Crippen LogP contribution in [0.15, 0.2) is 11.2 Å². The molecule has 0 atom stereocenters. The van der Waals surface area contributed by atoms with E-state index in [1.165, 1.54) is 0 Å². The summed E-state index contributed by atoms with van der Waals surface area (Å²) in [6.07, 6.45) is -2.69. The molecule has 5 nitrogen and oxygen atoms in total. The van der Waals surface area contributed by atoms with Gasteiger partial charge in [0.2, 0.25) is 5.88 Å². The minimum absolute atomic E-state index is 0.119. The molecule has 1 aromatic rings. The van der Waals surface area contributed by atoms with Crippen LogP contribution in [-0.2, 0) is 12.8 Å². The summed E-state index contributed by atoms with van der Waals surface area (Å²) in [5.74, 6) is -0.0452. The van der Waals surface area contributed by atoms with Gasteiger partial charge < -0.3 is 15.7 Å². The molecule has 1 aliphatic rings. The maximum Gasteiger partial charge on any atom is 0.389 e. The minimum atomic E-state index is -4.21. The third kappa shape index (κ3) is 3.99. The zero-order chi connectivity index (χ0) is 15.5. The number of alkyl halides is 3. The van der Waals surface area contributed by atoms with E-state index < -0.39 is 12.6 Å². The Hall–Kier alpha value is -1.99. The van der Waals surface area contributed by atoms with E-state index in [0.717, 1.165) is 30.5 Å². The van der Waals surface area contributed by atoms with Gasteiger partial charge in [0.25, 0.3) is 0 Å². The van der Waals surface area contributed by atoms with Gasteiger partial charge in [-0.3, -0.25) is 0 Å². The highest BCUT2D eigenvalue weighted by molar-refractivity contribution is 5.99. The molecule has 1 heterocycles. The summed E-state index contributed by atoms with van der Waals surface area (Å²) in [6, 6.07) is 1.73. The Morgan fingerprint density at radius 3 is 2.86 bits per heavy atom. The number of hydrogen-bond acceptors (Lipinski definition) is 4. The summed E-state index contributed by atoms with van der Waals surface area (Å²) in [5.41, 5.74) is 7.73. The van der Waals surface area contributed by atoms with Gasteiger partial charge in [0, 0.05) is 12.1 Å². The molecule has 0 fully saturated rings. The lowest BCUT2D eigenvalue weighted by Gasteiger charge is -2.12. The standard InChI is InChI=1S/C13H16F3N3O2/c14-13(15,16)5-2-6-21-12-9(11(17)19-20)7-8-3-1-4-10(8)18-12/h7,20H,1-6H2,(H2,17,19). The molecule has 0 radical (unpaired) electrons. The van der Waals surface area contributed by atoms with Gasteiger partial charge >= 0.3 is 6.18 Å². The normalized spacial score (nSPS) is 15.1. The fourth-order valence-corrected chi connectivity index (χ4v) is 2.24. The predicted octanol–water partition coefficient (Wildman–Crippen LogP) is 2.39. The molecule has 0 bridgehead atoms. The second kappa shape index (κ2) is 6.19. The van der Waals surface area contributed by atoms with Crippen LogP contribution in [0.3, 0.4) is 0 Å². The van der Waals surface area contributed by atoms with Crippen LogP contribution in [-0.4, -0.2) is 28.8 Å². The first kappa shape index (κ1) is 15.4. The Bertz CT molecular complexity index is 544. The molecule has 116 valence electrons. The summed E-state index contributed by atoms with van der Waals surface area (Å²) < 4.78 is 41.5. The van der Waals surface area contributed by atoms with Crippen LogP contribution >= 0.6 is 0 Å². The monoisotopic (exact) mass is 303 g/mol. The van der Waals surface area contributed by atoms with Crippen molar-refractivity contribution in [3.8, 4) is 5.88 Å². The van der Waals surface area contributed by atoms with Gasteiger partial charge in [-0.05, 0) is 37.3 Å². The van der Waals surface area contributed by atoms with Crippen LogP contribution in [0.25, 0.3) is 0 Å². The van der Waals surface area contributed by atoms with Crippen molar-refractivity contribution in [1.29, 1.82) is 0 Å². The van der Waals surface area contributed by atoms with Gasteiger partial charge in [0.15, 0.2) is 5.84 Å². The fourth-order valence-electron chi connectivity index (χ4n) is 2.24. The highest BCUT2D eigenvalue weighted by Crippen LogP contribution is 2.27. The van der Waals surface area contributed by atoms with Crippen molar-refractivity contribution >= 4 is 5.84 Å². The predicted molar refractivity (Wildman–Crippen MR) is 69.6 cm³/mol. The lowest BCUT2D eigenvalue weighted by molar-refractivity contribution is -0.136.